The smallest absolute Gasteiger partial charge is 0.143 e. The highest BCUT2D eigenvalue weighted by Gasteiger charge is 2.48. The number of halogens is 1. The van der Waals surface area contributed by atoms with Gasteiger partial charge in [0.05, 0.1) is 0 Å². The van der Waals surface area contributed by atoms with Crippen LogP contribution in [0.15, 0.2) is 42.9 Å². The number of carbonyl (C=O) groups is 1. The monoisotopic (exact) mass is 384 g/mol. The van der Waals surface area contributed by atoms with Crippen molar-refractivity contribution in [3.05, 3.63) is 53.4 Å². The van der Waals surface area contributed by atoms with Crippen LogP contribution >= 0.6 is 11.6 Å². The number of piperidine rings is 1. The number of anilines is 1. The highest BCUT2D eigenvalue weighted by atomic mass is 35.5. The van der Waals surface area contributed by atoms with E-state index in [1.807, 2.05) is 18.2 Å². The first kappa shape index (κ1) is 18.4. The number of rotatable bonds is 4. The molecule has 0 spiro atoms. The zero-order valence-electron chi connectivity index (χ0n) is 15.6. The molecule has 1 aromatic carbocycles. The predicted molar refractivity (Wildman–Crippen MR) is 107 cm³/mol. The molecule has 2 aliphatic heterocycles. The summed E-state index contributed by atoms with van der Waals surface area (Å²) in [5, 5.41) is 4.18. The minimum absolute atomic E-state index is 0.114. The Labute approximate surface area is 165 Å². The molecule has 0 amide bonds. The first-order valence-electron chi connectivity index (χ1n) is 9.59. The van der Waals surface area contributed by atoms with Crippen molar-refractivity contribution in [1.82, 2.24) is 15.3 Å². The van der Waals surface area contributed by atoms with Gasteiger partial charge in [0.25, 0.3) is 0 Å². The van der Waals surface area contributed by atoms with Gasteiger partial charge in [0.1, 0.15) is 17.9 Å². The number of carbonyl (C=O) groups excluding carboxylic acids is 1. The van der Waals surface area contributed by atoms with E-state index >= 15 is 0 Å². The Kier molecular flexibility index (Phi) is 5.15. The fourth-order valence-electron chi connectivity index (χ4n) is 4.57. The van der Waals surface area contributed by atoms with Gasteiger partial charge >= 0.3 is 0 Å². The van der Waals surface area contributed by atoms with E-state index in [9.17, 15) is 4.79 Å². The minimum Gasteiger partial charge on any atom is -0.356 e. The number of nitrogens with one attached hydrogen (secondary N) is 1. The Morgan fingerprint density at radius 2 is 1.96 bits per heavy atom. The molecule has 0 bridgehead atoms. The van der Waals surface area contributed by atoms with E-state index in [1.165, 1.54) is 5.56 Å². The molecule has 0 saturated carbocycles. The molecule has 0 unspecified atom stereocenters. The lowest BCUT2D eigenvalue weighted by Gasteiger charge is -2.37. The van der Waals surface area contributed by atoms with Gasteiger partial charge in [0.15, 0.2) is 0 Å². The molecule has 2 fully saturated rings. The summed E-state index contributed by atoms with van der Waals surface area (Å²) in [6.45, 7) is 5.44. The summed E-state index contributed by atoms with van der Waals surface area (Å²) in [4.78, 5) is 24.1. The molecule has 0 radical (unpaired) electrons. The standard InChI is InChI=1S/C21H25ClN4O/c1-21(13-24-12-18(21)15-2-4-17(22)5-3-15)20(27)16-7-10-26(11-8-16)19-6-9-23-14-25-19/h2-6,9,14,16,18,24H,7-8,10-13H2,1H3/t18-,21-/m1/s1. The van der Waals surface area contributed by atoms with E-state index in [0.29, 0.717) is 5.78 Å². The Balaban J connectivity index is 1.46. The van der Waals surface area contributed by atoms with Crippen LogP contribution in [0.3, 0.4) is 0 Å². The van der Waals surface area contributed by atoms with E-state index in [1.54, 1.807) is 12.5 Å². The predicted octanol–water partition coefficient (Wildman–Crippen LogP) is 3.31. The SMILES string of the molecule is C[C@@]1(C(=O)C2CCN(c3ccncn3)CC2)CNC[C@@H]1c1ccc(Cl)cc1. The van der Waals surface area contributed by atoms with E-state index in [4.69, 9.17) is 11.6 Å². The first-order valence-corrected chi connectivity index (χ1v) is 9.97. The molecular weight excluding hydrogens is 360 g/mol. The summed E-state index contributed by atoms with van der Waals surface area (Å²) in [6, 6.07) is 9.88. The van der Waals surface area contributed by atoms with Crippen LogP contribution in [0.1, 0.15) is 31.2 Å². The third-order valence-electron chi connectivity index (χ3n) is 6.20. The van der Waals surface area contributed by atoms with Crippen molar-refractivity contribution < 1.29 is 4.79 Å². The van der Waals surface area contributed by atoms with Crippen molar-refractivity contribution in [2.24, 2.45) is 11.3 Å². The molecule has 142 valence electrons. The molecule has 6 heteroatoms. The zero-order valence-corrected chi connectivity index (χ0v) is 16.3. The summed E-state index contributed by atoms with van der Waals surface area (Å²) in [5.41, 5.74) is 0.828. The second kappa shape index (κ2) is 7.56. The van der Waals surface area contributed by atoms with E-state index in [-0.39, 0.29) is 17.3 Å². The lowest BCUT2D eigenvalue weighted by atomic mass is 9.68. The topological polar surface area (TPSA) is 58.1 Å². The number of nitrogens with zero attached hydrogens (tertiary/aromatic N) is 3. The van der Waals surface area contributed by atoms with E-state index < -0.39 is 0 Å². The van der Waals surface area contributed by atoms with Gasteiger partial charge in [-0.2, -0.15) is 0 Å². The first-order chi connectivity index (χ1) is 13.1. The largest absolute Gasteiger partial charge is 0.356 e. The third kappa shape index (κ3) is 3.58. The second-order valence-electron chi connectivity index (χ2n) is 7.85. The molecule has 0 aliphatic carbocycles. The highest BCUT2D eigenvalue weighted by molar-refractivity contribution is 6.30. The van der Waals surface area contributed by atoms with Gasteiger partial charge in [-0.25, -0.2) is 9.97 Å². The number of ketones is 1. The fourth-order valence-corrected chi connectivity index (χ4v) is 4.70. The summed E-state index contributed by atoms with van der Waals surface area (Å²) < 4.78 is 0. The lowest BCUT2D eigenvalue weighted by Crippen LogP contribution is -2.44. The number of hydrogen-bond acceptors (Lipinski definition) is 5. The van der Waals surface area contributed by atoms with Crippen LogP contribution in [0.2, 0.25) is 5.02 Å². The van der Waals surface area contributed by atoms with Crippen LogP contribution in [0.25, 0.3) is 0 Å². The van der Waals surface area contributed by atoms with Crippen LogP contribution in [0, 0.1) is 11.3 Å². The van der Waals surface area contributed by atoms with Gasteiger partial charge in [-0.3, -0.25) is 4.79 Å². The normalized spacial score (nSPS) is 26.3. The average molecular weight is 385 g/mol. The molecule has 27 heavy (non-hydrogen) atoms. The Hall–Kier alpha value is -1.98. The summed E-state index contributed by atoms with van der Waals surface area (Å²) in [6.07, 6.45) is 5.10. The quantitative estimate of drug-likeness (QED) is 0.876. The van der Waals surface area contributed by atoms with Crippen LogP contribution in [0.4, 0.5) is 5.82 Å². The summed E-state index contributed by atoms with van der Waals surface area (Å²) in [5.74, 6) is 1.66. The molecule has 2 atom stereocenters. The van der Waals surface area contributed by atoms with Gasteiger partial charge in [-0.15, -0.1) is 0 Å². The van der Waals surface area contributed by atoms with Crippen molar-refractivity contribution in [3.8, 4) is 0 Å². The molecular formula is C21H25ClN4O. The highest BCUT2D eigenvalue weighted by Crippen LogP contribution is 2.43. The third-order valence-corrected chi connectivity index (χ3v) is 6.45. The van der Waals surface area contributed by atoms with Gasteiger partial charge in [0, 0.05) is 54.6 Å². The van der Waals surface area contributed by atoms with Gasteiger partial charge in [-0.05, 0) is 36.6 Å². The molecule has 1 aromatic heterocycles. The van der Waals surface area contributed by atoms with Crippen LogP contribution in [0.5, 0.6) is 0 Å². The molecule has 3 heterocycles. The fraction of sp³-hybridized carbons (Fsp3) is 0.476. The number of hydrogen-bond donors (Lipinski definition) is 1. The molecule has 2 saturated heterocycles. The van der Waals surface area contributed by atoms with Crippen LogP contribution in [-0.2, 0) is 4.79 Å². The van der Waals surface area contributed by atoms with Gasteiger partial charge in [-0.1, -0.05) is 30.7 Å². The molecule has 1 N–H and O–H groups in total. The molecule has 2 aliphatic rings. The number of Topliss-reactive ketones (excluding diaryl/α,β-unsaturated/α-hetero) is 1. The van der Waals surface area contributed by atoms with Crippen LogP contribution in [-0.4, -0.2) is 41.9 Å². The van der Waals surface area contributed by atoms with Crippen molar-refractivity contribution in [2.75, 3.05) is 31.1 Å². The maximum absolute atomic E-state index is 13.5. The Morgan fingerprint density at radius 3 is 2.63 bits per heavy atom. The summed E-state index contributed by atoms with van der Waals surface area (Å²) in [7, 11) is 0. The van der Waals surface area contributed by atoms with E-state index in [2.05, 4.69) is 39.2 Å². The van der Waals surface area contributed by atoms with Crippen LogP contribution < -0.4 is 10.2 Å². The zero-order chi connectivity index (χ0) is 18.9. The maximum atomic E-state index is 13.5. The number of aromatic nitrogens is 2. The van der Waals surface area contributed by atoms with Gasteiger partial charge in [0.2, 0.25) is 0 Å². The average Bonchev–Trinajstić information content (AvgIpc) is 3.11. The van der Waals surface area contributed by atoms with E-state index in [0.717, 1.165) is 49.9 Å². The Bertz CT molecular complexity index is 790. The molecule has 2 aromatic rings. The second-order valence-corrected chi connectivity index (χ2v) is 8.28. The van der Waals surface area contributed by atoms with Crippen molar-refractivity contribution in [2.45, 2.75) is 25.7 Å². The van der Waals surface area contributed by atoms with Crippen molar-refractivity contribution in [3.63, 3.8) is 0 Å². The molecule has 5 nitrogen and oxygen atoms in total. The Morgan fingerprint density at radius 1 is 1.22 bits per heavy atom. The van der Waals surface area contributed by atoms with Crippen molar-refractivity contribution >= 4 is 23.2 Å². The van der Waals surface area contributed by atoms with Gasteiger partial charge < -0.3 is 10.2 Å². The summed E-state index contributed by atoms with van der Waals surface area (Å²) >= 11 is 6.04. The lowest BCUT2D eigenvalue weighted by molar-refractivity contribution is -0.132. The minimum atomic E-state index is -0.365. The number of benzene rings is 1. The van der Waals surface area contributed by atoms with Crippen molar-refractivity contribution in [1.29, 1.82) is 0 Å². The molecule has 4 rings (SSSR count). The maximum Gasteiger partial charge on any atom is 0.143 e.